The molecule has 1 aromatic heterocycles. The molecule has 7 heteroatoms. The number of hydrogen-bond acceptors (Lipinski definition) is 4. The molecule has 0 aliphatic rings. The highest BCUT2D eigenvalue weighted by Crippen LogP contribution is 2.14. The minimum Gasteiger partial charge on any atom is -0.368 e. The van der Waals surface area contributed by atoms with Gasteiger partial charge in [0.15, 0.2) is 11.6 Å². The van der Waals surface area contributed by atoms with Crippen molar-refractivity contribution in [2.24, 2.45) is 5.14 Å². The molecule has 0 bridgehead atoms. The van der Waals surface area contributed by atoms with Crippen LogP contribution < -0.4 is 9.32 Å². The van der Waals surface area contributed by atoms with Crippen molar-refractivity contribution in [1.82, 2.24) is 4.98 Å². The number of rotatable bonds is 2. The average Bonchev–Trinajstić information content (AvgIpc) is 1.91. The largest absolute Gasteiger partial charge is 0.380 e. The van der Waals surface area contributed by atoms with E-state index in [1.165, 1.54) is 6.20 Å². The molecule has 5 nitrogen and oxygen atoms in total. The second kappa shape index (κ2) is 3.03. The highest BCUT2D eigenvalue weighted by molar-refractivity contribution is 7.84. The number of halogens is 1. The van der Waals surface area contributed by atoms with Crippen LogP contribution in [0.15, 0.2) is 18.5 Å². The quantitative estimate of drug-likeness (QED) is 0.703. The molecule has 66 valence electrons. The third-order valence-corrected chi connectivity index (χ3v) is 1.35. The molecule has 0 aromatic carbocycles. The van der Waals surface area contributed by atoms with Crippen LogP contribution in [0.2, 0.25) is 0 Å². The first kappa shape index (κ1) is 8.88. The topological polar surface area (TPSA) is 82.3 Å². The van der Waals surface area contributed by atoms with Crippen LogP contribution in [0.4, 0.5) is 4.39 Å². The molecule has 12 heavy (non-hydrogen) atoms. The van der Waals surface area contributed by atoms with Gasteiger partial charge < -0.3 is 4.18 Å². The molecule has 1 heterocycles. The van der Waals surface area contributed by atoms with Gasteiger partial charge in [-0.1, -0.05) is 0 Å². The maximum Gasteiger partial charge on any atom is 0.380 e. The number of aromatic nitrogens is 1. The minimum absolute atomic E-state index is 0.465. The molecule has 0 amide bonds. The van der Waals surface area contributed by atoms with Gasteiger partial charge in [-0.3, -0.25) is 4.98 Å². The maximum atomic E-state index is 12.6. The summed E-state index contributed by atoms with van der Waals surface area (Å²) in [7, 11) is -4.17. The van der Waals surface area contributed by atoms with Gasteiger partial charge >= 0.3 is 10.3 Å². The molecular weight excluding hydrogens is 187 g/mol. The van der Waals surface area contributed by atoms with Crippen molar-refractivity contribution in [2.45, 2.75) is 0 Å². The molecule has 0 aliphatic carbocycles. The number of nitrogens with two attached hydrogens (primary N) is 1. The Kier molecular flexibility index (Phi) is 2.25. The summed E-state index contributed by atoms with van der Waals surface area (Å²) in [5.74, 6) is -1.35. The van der Waals surface area contributed by atoms with Gasteiger partial charge in [-0.05, 0) is 0 Å². The van der Waals surface area contributed by atoms with E-state index in [-0.39, 0.29) is 0 Å². The van der Waals surface area contributed by atoms with Crippen molar-refractivity contribution in [3.8, 4) is 5.75 Å². The summed E-state index contributed by atoms with van der Waals surface area (Å²) in [5, 5.41) is 4.50. The molecule has 0 saturated carbocycles. The van der Waals surface area contributed by atoms with Crippen LogP contribution in [-0.4, -0.2) is 13.4 Å². The molecule has 0 aliphatic heterocycles. The van der Waals surface area contributed by atoms with Gasteiger partial charge in [0.05, 0.1) is 6.20 Å². The predicted molar refractivity (Wildman–Crippen MR) is 37.9 cm³/mol. The van der Waals surface area contributed by atoms with Gasteiger partial charge in [-0.15, -0.1) is 0 Å². The Balaban J connectivity index is 2.98. The van der Waals surface area contributed by atoms with Gasteiger partial charge in [0.1, 0.15) is 0 Å². The molecule has 1 rings (SSSR count). The second-order valence-electron chi connectivity index (χ2n) is 1.88. The molecule has 0 saturated heterocycles. The summed E-state index contributed by atoms with van der Waals surface area (Å²) in [6.45, 7) is 0. The van der Waals surface area contributed by atoms with Gasteiger partial charge in [-0.2, -0.15) is 13.6 Å². The minimum atomic E-state index is -4.17. The summed E-state index contributed by atoms with van der Waals surface area (Å²) < 4.78 is 37.3. The SMILES string of the molecule is NS(=O)(=O)Oc1ccncc1F. The number of hydrogen-bond donors (Lipinski definition) is 1. The third kappa shape index (κ3) is 2.44. The van der Waals surface area contributed by atoms with E-state index in [0.717, 1.165) is 12.3 Å². The lowest BCUT2D eigenvalue weighted by molar-refractivity contribution is 0.461. The van der Waals surface area contributed by atoms with Crippen LogP contribution in [0.3, 0.4) is 0 Å². The van der Waals surface area contributed by atoms with Crippen molar-refractivity contribution >= 4 is 10.3 Å². The van der Waals surface area contributed by atoms with Gasteiger partial charge in [0.2, 0.25) is 0 Å². The zero-order valence-corrected chi connectivity index (χ0v) is 6.58. The smallest absolute Gasteiger partial charge is 0.368 e. The average molecular weight is 192 g/mol. The van der Waals surface area contributed by atoms with Crippen molar-refractivity contribution < 1.29 is 17.0 Å². The monoisotopic (exact) mass is 192 g/mol. The standard InChI is InChI=1S/C5H5FN2O3S/c6-4-3-8-2-1-5(4)11-12(7,9)10/h1-3H,(H2,7,9,10). The normalized spacial score (nSPS) is 11.2. The first-order valence-electron chi connectivity index (χ1n) is 2.81. The fourth-order valence-electron chi connectivity index (χ4n) is 0.555. The Hall–Kier alpha value is -1.21. The van der Waals surface area contributed by atoms with E-state index in [1.54, 1.807) is 0 Å². The molecular formula is C5H5FN2O3S. The van der Waals surface area contributed by atoms with Crippen molar-refractivity contribution in [1.29, 1.82) is 0 Å². The van der Waals surface area contributed by atoms with E-state index >= 15 is 0 Å². The second-order valence-corrected chi connectivity index (χ2v) is 3.03. The van der Waals surface area contributed by atoms with Crippen LogP contribution in [0, 0.1) is 5.82 Å². The first-order chi connectivity index (χ1) is 5.49. The van der Waals surface area contributed by atoms with Gasteiger partial charge in [-0.25, -0.2) is 4.39 Å². The molecule has 0 unspecified atom stereocenters. The van der Waals surface area contributed by atoms with Gasteiger partial charge in [0.25, 0.3) is 0 Å². The highest BCUT2D eigenvalue weighted by Gasteiger charge is 2.08. The summed E-state index contributed by atoms with van der Waals surface area (Å²) in [5.41, 5.74) is 0. The Bertz CT molecular complexity index is 378. The third-order valence-electron chi connectivity index (χ3n) is 0.941. The first-order valence-corrected chi connectivity index (χ1v) is 4.28. The van der Waals surface area contributed by atoms with Gasteiger partial charge in [0, 0.05) is 12.3 Å². The van der Waals surface area contributed by atoms with Crippen LogP contribution in [0.25, 0.3) is 0 Å². The summed E-state index contributed by atoms with van der Waals surface area (Å²) in [4.78, 5) is 3.38. The van der Waals surface area contributed by atoms with E-state index in [0.29, 0.717) is 0 Å². The van der Waals surface area contributed by atoms with Crippen LogP contribution in [-0.2, 0) is 10.3 Å². The van der Waals surface area contributed by atoms with E-state index < -0.39 is 21.9 Å². The summed E-state index contributed by atoms with van der Waals surface area (Å²) in [6.07, 6.45) is 2.00. The Morgan fingerprint density at radius 1 is 1.58 bits per heavy atom. The lowest BCUT2D eigenvalue weighted by Gasteiger charge is -2.01. The molecule has 2 N–H and O–H groups in total. The fraction of sp³-hybridized carbons (Fsp3) is 0. The predicted octanol–water partition coefficient (Wildman–Crippen LogP) is -0.197. The van der Waals surface area contributed by atoms with Crippen LogP contribution in [0.5, 0.6) is 5.75 Å². The van der Waals surface area contributed by atoms with Crippen molar-refractivity contribution in [2.75, 3.05) is 0 Å². The Morgan fingerprint density at radius 2 is 2.25 bits per heavy atom. The fourth-order valence-corrected chi connectivity index (χ4v) is 0.941. The zero-order chi connectivity index (χ0) is 9.19. The molecule has 1 aromatic rings. The number of nitrogens with zero attached hydrogens (tertiary/aromatic N) is 1. The number of pyridine rings is 1. The molecule has 0 radical (unpaired) electrons. The van der Waals surface area contributed by atoms with E-state index in [9.17, 15) is 12.8 Å². The lowest BCUT2D eigenvalue weighted by atomic mass is 10.4. The summed E-state index contributed by atoms with van der Waals surface area (Å²) in [6, 6.07) is 1.06. The van der Waals surface area contributed by atoms with Crippen LogP contribution >= 0.6 is 0 Å². The van der Waals surface area contributed by atoms with Crippen molar-refractivity contribution in [3.63, 3.8) is 0 Å². The molecule has 0 spiro atoms. The molecule has 0 fully saturated rings. The highest BCUT2D eigenvalue weighted by atomic mass is 32.2. The maximum absolute atomic E-state index is 12.6. The Labute approximate surface area is 68.2 Å². The van der Waals surface area contributed by atoms with E-state index in [4.69, 9.17) is 0 Å². The van der Waals surface area contributed by atoms with Crippen LogP contribution in [0.1, 0.15) is 0 Å². The summed E-state index contributed by atoms with van der Waals surface area (Å²) >= 11 is 0. The lowest BCUT2D eigenvalue weighted by Crippen LogP contribution is -2.19. The van der Waals surface area contributed by atoms with E-state index in [1.807, 2.05) is 0 Å². The Morgan fingerprint density at radius 3 is 2.75 bits per heavy atom. The van der Waals surface area contributed by atoms with Crippen molar-refractivity contribution in [3.05, 3.63) is 24.3 Å². The molecule has 0 atom stereocenters. The zero-order valence-electron chi connectivity index (χ0n) is 5.77. The van der Waals surface area contributed by atoms with E-state index in [2.05, 4.69) is 14.3 Å².